The van der Waals surface area contributed by atoms with Crippen LogP contribution in [0.25, 0.3) is 43.7 Å². The first-order valence-electron chi connectivity index (χ1n) is 13.5. The van der Waals surface area contributed by atoms with E-state index in [0.29, 0.717) is 11.1 Å². The van der Waals surface area contributed by atoms with Crippen LogP contribution in [-0.4, -0.2) is 4.98 Å². The quantitative estimate of drug-likeness (QED) is 0.173. The smallest absolute Gasteiger partial charge is 0.287 e. The average molecular weight is 508 g/mol. The Labute approximate surface area is 224 Å². The number of rotatable bonds is 2. The maximum Gasteiger partial charge on any atom is 0.287 e. The molecule has 0 saturated carbocycles. The minimum Gasteiger partial charge on any atom is -0.455 e. The maximum absolute atomic E-state index is 15.0. The standard InChI is InChI=1S/C34H36FN2O/c1-19-23-14-20(16-33(2,3)4)12-13-21(23)25(17-34(5,6)7)32-28(19)31-29-27(38-32)15-24-22(10-9-11-26(24)35)30(29)36-18-37(31)8/h9-15,18H,16-17H2,1-8H3/q+1. The van der Waals surface area contributed by atoms with Crippen molar-refractivity contribution in [2.75, 3.05) is 0 Å². The Morgan fingerprint density at radius 2 is 1.61 bits per heavy atom. The van der Waals surface area contributed by atoms with Gasteiger partial charge >= 0.3 is 0 Å². The summed E-state index contributed by atoms with van der Waals surface area (Å²) in [5.41, 5.74) is 6.97. The molecule has 4 heteroatoms. The fourth-order valence-corrected chi connectivity index (χ4v) is 6.15. The second-order valence-corrected chi connectivity index (χ2v) is 13.4. The summed E-state index contributed by atoms with van der Waals surface area (Å²) < 4.78 is 23.9. The number of aromatic nitrogens is 2. The van der Waals surface area contributed by atoms with Gasteiger partial charge in [0.05, 0.1) is 12.6 Å². The summed E-state index contributed by atoms with van der Waals surface area (Å²) in [5, 5.41) is 4.78. The lowest BCUT2D eigenvalue weighted by Gasteiger charge is -2.29. The molecule has 0 unspecified atom stereocenters. The molecule has 0 atom stereocenters. The molecule has 0 bridgehead atoms. The molecule has 2 heterocycles. The molecule has 0 spiro atoms. The molecule has 3 nitrogen and oxygen atoms in total. The van der Waals surface area contributed by atoms with Crippen LogP contribution in [0, 0.1) is 23.6 Å². The third-order valence-corrected chi connectivity index (χ3v) is 7.60. The highest BCUT2D eigenvalue weighted by molar-refractivity contribution is 6.14. The highest BCUT2D eigenvalue weighted by atomic mass is 19.1. The highest BCUT2D eigenvalue weighted by Gasteiger charge is 2.34. The van der Waals surface area contributed by atoms with E-state index in [-0.39, 0.29) is 16.6 Å². The molecule has 4 aromatic carbocycles. The van der Waals surface area contributed by atoms with E-state index in [1.807, 2.05) is 25.5 Å². The predicted molar refractivity (Wildman–Crippen MR) is 154 cm³/mol. The number of halogens is 1. The van der Waals surface area contributed by atoms with E-state index in [9.17, 15) is 4.39 Å². The summed E-state index contributed by atoms with van der Waals surface area (Å²) in [6.45, 7) is 15.9. The van der Waals surface area contributed by atoms with Crippen LogP contribution < -0.4 is 9.30 Å². The van der Waals surface area contributed by atoms with E-state index < -0.39 is 0 Å². The lowest BCUT2D eigenvalue weighted by molar-refractivity contribution is -0.662. The van der Waals surface area contributed by atoms with Crippen molar-refractivity contribution < 1.29 is 13.7 Å². The molecule has 0 saturated heterocycles. The average Bonchev–Trinajstić information content (AvgIpc) is 2.82. The molecule has 0 N–H and O–H groups in total. The third-order valence-electron chi connectivity index (χ3n) is 7.60. The Morgan fingerprint density at radius 3 is 2.32 bits per heavy atom. The normalized spacial score (nSPS) is 13.3. The first-order chi connectivity index (χ1) is 17.8. The number of hydrogen-bond acceptors (Lipinski definition) is 2. The molecule has 194 valence electrons. The molecule has 38 heavy (non-hydrogen) atoms. The minimum atomic E-state index is -0.261. The predicted octanol–water partition coefficient (Wildman–Crippen LogP) is 8.76. The van der Waals surface area contributed by atoms with Crippen molar-refractivity contribution in [2.45, 2.75) is 61.3 Å². The van der Waals surface area contributed by atoms with Crippen LogP contribution in [0.2, 0.25) is 0 Å². The Kier molecular flexibility index (Phi) is 5.37. The Balaban J connectivity index is 1.76. The van der Waals surface area contributed by atoms with Crippen LogP contribution >= 0.6 is 0 Å². The fraction of sp³-hybridized carbons (Fsp3) is 0.353. The zero-order valence-corrected chi connectivity index (χ0v) is 23.7. The monoisotopic (exact) mass is 507 g/mol. The highest BCUT2D eigenvalue weighted by Crippen LogP contribution is 2.52. The second kappa shape index (κ2) is 8.23. The number of aryl methyl sites for hydroxylation is 2. The first-order valence-corrected chi connectivity index (χ1v) is 13.5. The van der Waals surface area contributed by atoms with Gasteiger partial charge in [0.25, 0.3) is 6.33 Å². The van der Waals surface area contributed by atoms with E-state index in [1.54, 1.807) is 6.07 Å². The summed E-state index contributed by atoms with van der Waals surface area (Å²) in [5.74, 6) is 1.30. The topological polar surface area (TPSA) is 26.0 Å². The maximum atomic E-state index is 15.0. The number of ether oxygens (including phenoxy) is 1. The van der Waals surface area contributed by atoms with Gasteiger partial charge in [0.1, 0.15) is 22.7 Å². The number of nitrogens with zero attached hydrogens (tertiary/aromatic N) is 2. The van der Waals surface area contributed by atoms with Gasteiger partial charge in [-0.05, 0) is 75.7 Å². The Morgan fingerprint density at radius 1 is 0.868 bits per heavy atom. The molecule has 0 radical (unpaired) electrons. The van der Waals surface area contributed by atoms with Gasteiger partial charge in [0.2, 0.25) is 0 Å². The molecule has 1 aromatic heterocycles. The summed E-state index contributed by atoms with van der Waals surface area (Å²) in [4.78, 5) is 4.77. The first kappa shape index (κ1) is 24.8. The lowest BCUT2D eigenvalue weighted by Crippen LogP contribution is -2.33. The Hall–Kier alpha value is -3.53. The van der Waals surface area contributed by atoms with Crippen LogP contribution in [-0.2, 0) is 19.9 Å². The molecule has 1 aliphatic heterocycles. The molecule has 5 aromatic rings. The largest absolute Gasteiger partial charge is 0.455 e. The van der Waals surface area contributed by atoms with Gasteiger partial charge in [-0.2, -0.15) is 0 Å². The van der Waals surface area contributed by atoms with Crippen molar-refractivity contribution in [1.29, 1.82) is 0 Å². The summed E-state index contributed by atoms with van der Waals surface area (Å²) in [6.07, 6.45) is 3.72. The number of benzene rings is 4. The van der Waals surface area contributed by atoms with E-state index in [0.717, 1.165) is 46.1 Å². The van der Waals surface area contributed by atoms with Crippen molar-refractivity contribution >= 4 is 32.4 Å². The SMILES string of the molecule is Cc1c2c(c(CC(C)(C)C)c3ccc(CC(C)(C)C)cc13)Oc1cc3c(F)cccc3c3nc[n+](C)c-2c13. The molecule has 0 aliphatic carbocycles. The van der Waals surface area contributed by atoms with Gasteiger partial charge in [-0.25, -0.2) is 8.96 Å². The molecule has 0 amide bonds. The van der Waals surface area contributed by atoms with Crippen LogP contribution in [0.1, 0.15) is 58.2 Å². The van der Waals surface area contributed by atoms with Gasteiger partial charge in [-0.15, -0.1) is 0 Å². The second-order valence-electron chi connectivity index (χ2n) is 13.4. The van der Waals surface area contributed by atoms with Crippen molar-refractivity contribution in [3.8, 4) is 22.8 Å². The minimum absolute atomic E-state index is 0.0505. The summed E-state index contributed by atoms with van der Waals surface area (Å²) in [6, 6.07) is 14.0. The van der Waals surface area contributed by atoms with Crippen molar-refractivity contribution in [3.63, 3.8) is 0 Å². The van der Waals surface area contributed by atoms with Gasteiger partial charge in [-0.1, -0.05) is 65.8 Å². The van der Waals surface area contributed by atoms with E-state index in [2.05, 4.69) is 71.2 Å². The third kappa shape index (κ3) is 3.93. The summed E-state index contributed by atoms with van der Waals surface area (Å²) in [7, 11) is 2.04. The fourth-order valence-electron chi connectivity index (χ4n) is 6.15. The van der Waals surface area contributed by atoms with Gasteiger partial charge in [-0.3, -0.25) is 0 Å². The van der Waals surface area contributed by atoms with Crippen molar-refractivity contribution in [3.05, 3.63) is 71.3 Å². The molecule has 1 aliphatic rings. The zero-order chi connectivity index (χ0) is 27.1. The van der Waals surface area contributed by atoms with Crippen LogP contribution in [0.3, 0.4) is 0 Å². The van der Waals surface area contributed by atoms with Gasteiger partial charge in [0, 0.05) is 16.3 Å². The van der Waals surface area contributed by atoms with Crippen molar-refractivity contribution in [2.24, 2.45) is 17.9 Å². The van der Waals surface area contributed by atoms with Gasteiger partial charge in [0.15, 0.2) is 11.2 Å². The van der Waals surface area contributed by atoms with E-state index in [4.69, 9.17) is 9.72 Å². The van der Waals surface area contributed by atoms with Crippen LogP contribution in [0.5, 0.6) is 11.5 Å². The molecular weight excluding hydrogens is 471 g/mol. The summed E-state index contributed by atoms with van der Waals surface area (Å²) >= 11 is 0. The number of hydrogen-bond donors (Lipinski definition) is 0. The molecule has 6 rings (SSSR count). The lowest BCUT2D eigenvalue weighted by atomic mass is 9.80. The van der Waals surface area contributed by atoms with Crippen molar-refractivity contribution in [1.82, 2.24) is 4.98 Å². The van der Waals surface area contributed by atoms with E-state index >= 15 is 0 Å². The number of fused-ring (bicyclic) bond motifs is 5. The Bertz CT molecular complexity index is 1790. The van der Waals surface area contributed by atoms with Gasteiger partial charge < -0.3 is 4.74 Å². The van der Waals surface area contributed by atoms with E-state index in [1.165, 1.54) is 33.5 Å². The zero-order valence-electron chi connectivity index (χ0n) is 23.7. The van der Waals surface area contributed by atoms with Crippen LogP contribution in [0.15, 0.2) is 48.8 Å². The molecular formula is C34H36FN2O+. The molecule has 0 fully saturated rings. The van der Waals surface area contributed by atoms with Crippen LogP contribution in [0.4, 0.5) is 4.39 Å².